The number of nitrogens with zero attached hydrogens (tertiary/aromatic N) is 1. The third-order valence-corrected chi connectivity index (χ3v) is 4.24. The van der Waals surface area contributed by atoms with Crippen molar-refractivity contribution >= 4 is 33.7 Å². The summed E-state index contributed by atoms with van der Waals surface area (Å²) in [5, 5.41) is 5.38. The molecule has 5 heteroatoms. The molecule has 0 bridgehead atoms. The van der Waals surface area contributed by atoms with E-state index < -0.39 is 0 Å². The lowest BCUT2D eigenvalue weighted by Gasteiger charge is -2.14. The van der Waals surface area contributed by atoms with E-state index in [-0.39, 0.29) is 11.3 Å². The van der Waals surface area contributed by atoms with Gasteiger partial charge in [0.05, 0.1) is 15.4 Å². The van der Waals surface area contributed by atoms with Gasteiger partial charge in [0, 0.05) is 10.8 Å². The summed E-state index contributed by atoms with van der Waals surface area (Å²) in [6, 6.07) is 3.50. The topological polar surface area (TPSA) is 42.0 Å². The standard InChI is InChI=1S/C14H14N2OS2/c1-5-9-6-7-10(19-9)12(17)16-13-15-11(8-18-13)14(2,3)4/h1,6-8H,2-4H3,(H,15,16,17). The third-order valence-electron chi connectivity index (χ3n) is 2.47. The molecule has 0 aliphatic rings. The van der Waals surface area contributed by atoms with Gasteiger partial charge in [-0.25, -0.2) is 4.98 Å². The molecule has 0 saturated heterocycles. The molecule has 0 atom stereocenters. The smallest absolute Gasteiger partial charge is 0.267 e. The lowest BCUT2D eigenvalue weighted by molar-refractivity contribution is 0.103. The number of carbonyl (C=O) groups excluding carboxylic acids is 1. The van der Waals surface area contributed by atoms with Crippen LogP contribution in [0, 0.1) is 12.3 Å². The zero-order valence-electron chi connectivity index (χ0n) is 11.0. The first-order valence-corrected chi connectivity index (χ1v) is 7.43. The molecule has 0 saturated carbocycles. The van der Waals surface area contributed by atoms with E-state index in [4.69, 9.17) is 6.42 Å². The van der Waals surface area contributed by atoms with Crippen molar-refractivity contribution in [1.82, 2.24) is 4.98 Å². The molecule has 0 aliphatic carbocycles. The van der Waals surface area contributed by atoms with Gasteiger partial charge in [-0.15, -0.1) is 29.1 Å². The number of nitrogens with one attached hydrogen (secondary N) is 1. The lowest BCUT2D eigenvalue weighted by Crippen LogP contribution is -2.13. The van der Waals surface area contributed by atoms with Crippen molar-refractivity contribution in [3.63, 3.8) is 0 Å². The second-order valence-electron chi connectivity index (χ2n) is 5.05. The number of thiophene rings is 1. The zero-order chi connectivity index (χ0) is 14.0. The minimum Gasteiger partial charge on any atom is -0.297 e. The van der Waals surface area contributed by atoms with Crippen LogP contribution in [0.25, 0.3) is 0 Å². The number of hydrogen-bond acceptors (Lipinski definition) is 4. The van der Waals surface area contributed by atoms with E-state index in [9.17, 15) is 4.79 Å². The Bertz CT molecular complexity index is 641. The molecule has 2 aromatic heterocycles. The van der Waals surface area contributed by atoms with Crippen LogP contribution in [0.15, 0.2) is 17.5 Å². The maximum atomic E-state index is 12.0. The van der Waals surface area contributed by atoms with Crippen LogP contribution in [-0.4, -0.2) is 10.9 Å². The highest BCUT2D eigenvalue weighted by atomic mass is 32.1. The second-order valence-corrected chi connectivity index (χ2v) is 6.99. The quantitative estimate of drug-likeness (QED) is 0.856. The van der Waals surface area contributed by atoms with Crippen LogP contribution in [0.1, 0.15) is 41.0 Å². The van der Waals surface area contributed by atoms with Gasteiger partial charge in [-0.2, -0.15) is 0 Å². The number of terminal acetylenes is 1. The molecule has 0 aliphatic heterocycles. The molecule has 19 heavy (non-hydrogen) atoms. The van der Waals surface area contributed by atoms with Gasteiger partial charge in [0.15, 0.2) is 5.13 Å². The van der Waals surface area contributed by atoms with E-state index in [1.165, 1.54) is 22.7 Å². The molecule has 0 aromatic carbocycles. The Labute approximate surface area is 120 Å². The molecule has 0 unspecified atom stereocenters. The Hall–Kier alpha value is -1.64. The summed E-state index contributed by atoms with van der Waals surface area (Å²) in [6.07, 6.45) is 5.29. The van der Waals surface area contributed by atoms with E-state index in [0.717, 1.165) is 10.6 Å². The maximum Gasteiger partial charge on any atom is 0.267 e. The molecule has 2 rings (SSSR count). The van der Waals surface area contributed by atoms with Crippen LogP contribution in [0.5, 0.6) is 0 Å². The van der Waals surface area contributed by atoms with Crippen LogP contribution >= 0.6 is 22.7 Å². The number of hydrogen-bond donors (Lipinski definition) is 1. The first-order valence-electron chi connectivity index (χ1n) is 5.74. The van der Waals surface area contributed by atoms with Crippen molar-refractivity contribution in [3.05, 3.63) is 33.0 Å². The fourth-order valence-electron chi connectivity index (χ4n) is 1.37. The molecule has 2 aromatic rings. The van der Waals surface area contributed by atoms with E-state index in [2.05, 4.69) is 37.0 Å². The van der Waals surface area contributed by atoms with Crippen molar-refractivity contribution in [2.75, 3.05) is 5.32 Å². The summed E-state index contributed by atoms with van der Waals surface area (Å²) < 4.78 is 0. The van der Waals surface area contributed by atoms with Crippen LogP contribution < -0.4 is 5.32 Å². The van der Waals surface area contributed by atoms with Gasteiger partial charge in [0.1, 0.15) is 0 Å². The largest absolute Gasteiger partial charge is 0.297 e. The lowest BCUT2D eigenvalue weighted by atomic mass is 9.93. The number of aromatic nitrogens is 1. The van der Waals surface area contributed by atoms with E-state index in [0.29, 0.717) is 10.0 Å². The number of thiazole rings is 1. The van der Waals surface area contributed by atoms with Crippen LogP contribution in [0.4, 0.5) is 5.13 Å². The van der Waals surface area contributed by atoms with Gasteiger partial charge >= 0.3 is 0 Å². The Balaban J connectivity index is 2.11. The minimum absolute atomic E-state index is 0.0148. The Morgan fingerprint density at radius 1 is 1.42 bits per heavy atom. The van der Waals surface area contributed by atoms with Crippen LogP contribution in [-0.2, 0) is 5.41 Å². The molecule has 0 radical (unpaired) electrons. The highest BCUT2D eigenvalue weighted by Crippen LogP contribution is 2.27. The van der Waals surface area contributed by atoms with Gasteiger partial charge in [-0.1, -0.05) is 26.7 Å². The average molecular weight is 290 g/mol. The molecule has 2 heterocycles. The van der Waals surface area contributed by atoms with Crippen molar-refractivity contribution < 1.29 is 4.79 Å². The normalized spacial score (nSPS) is 11.1. The van der Waals surface area contributed by atoms with Crippen molar-refractivity contribution in [3.8, 4) is 12.3 Å². The number of amides is 1. The number of rotatable bonds is 2. The fourth-order valence-corrected chi connectivity index (χ4v) is 3.02. The summed E-state index contributed by atoms with van der Waals surface area (Å²) in [5.41, 5.74) is 0.960. The van der Waals surface area contributed by atoms with Gasteiger partial charge < -0.3 is 0 Å². The third kappa shape index (κ3) is 3.22. The summed E-state index contributed by atoms with van der Waals surface area (Å²) in [4.78, 5) is 17.8. The van der Waals surface area contributed by atoms with Crippen molar-refractivity contribution in [2.45, 2.75) is 26.2 Å². The van der Waals surface area contributed by atoms with Crippen molar-refractivity contribution in [1.29, 1.82) is 0 Å². The minimum atomic E-state index is -0.165. The predicted octanol–water partition coefficient (Wildman–Crippen LogP) is 3.74. The number of carbonyl (C=O) groups is 1. The van der Waals surface area contributed by atoms with Crippen LogP contribution in [0.3, 0.4) is 0 Å². The molecule has 1 amide bonds. The Morgan fingerprint density at radius 3 is 2.68 bits per heavy atom. The zero-order valence-corrected chi connectivity index (χ0v) is 12.6. The first-order chi connectivity index (χ1) is 8.90. The summed E-state index contributed by atoms with van der Waals surface area (Å²) >= 11 is 2.73. The molecule has 0 spiro atoms. The summed E-state index contributed by atoms with van der Waals surface area (Å²) in [5.74, 6) is 2.35. The van der Waals surface area contributed by atoms with Gasteiger partial charge in [-0.3, -0.25) is 10.1 Å². The van der Waals surface area contributed by atoms with E-state index >= 15 is 0 Å². The van der Waals surface area contributed by atoms with Crippen LogP contribution in [0.2, 0.25) is 0 Å². The molecule has 3 nitrogen and oxygen atoms in total. The van der Waals surface area contributed by atoms with Gasteiger partial charge in [0.25, 0.3) is 5.91 Å². The summed E-state index contributed by atoms with van der Waals surface area (Å²) in [7, 11) is 0. The monoisotopic (exact) mass is 290 g/mol. The molecular weight excluding hydrogens is 276 g/mol. The SMILES string of the molecule is C#Cc1ccc(C(=O)Nc2nc(C(C)(C)C)cs2)s1. The van der Waals surface area contributed by atoms with E-state index in [1.807, 2.05) is 5.38 Å². The maximum absolute atomic E-state index is 12.0. The predicted molar refractivity (Wildman–Crippen MR) is 81.0 cm³/mol. The molecule has 98 valence electrons. The Kier molecular flexibility index (Phi) is 3.74. The second kappa shape index (κ2) is 5.16. The van der Waals surface area contributed by atoms with Gasteiger partial charge in [-0.05, 0) is 12.1 Å². The van der Waals surface area contributed by atoms with Gasteiger partial charge in [0.2, 0.25) is 0 Å². The molecular formula is C14H14N2OS2. The summed E-state index contributed by atoms with van der Waals surface area (Å²) in [6.45, 7) is 6.27. The molecule has 1 N–H and O–H groups in total. The first kappa shape index (κ1) is 13.8. The van der Waals surface area contributed by atoms with Crippen molar-refractivity contribution in [2.24, 2.45) is 0 Å². The highest BCUT2D eigenvalue weighted by Gasteiger charge is 2.18. The average Bonchev–Trinajstić information content (AvgIpc) is 2.95. The number of anilines is 1. The molecule has 0 fully saturated rings. The fraction of sp³-hybridized carbons (Fsp3) is 0.286. The Morgan fingerprint density at radius 2 is 2.16 bits per heavy atom. The highest BCUT2D eigenvalue weighted by molar-refractivity contribution is 7.15. The van der Waals surface area contributed by atoms with E-state index in [1.54, 1.807) is 12.1 Å².